The summed E-state index contributed by atoms with van der Waals surface area (Å²) in [6.07, 6.45) is 5.24. The Kier molecular flexibility index (Phi) is 4.37. The Balaban J connectivity index is 0.000001000. The highest BCUT2D eigenvalue weighted by atomic mass is 35.5. The molecular formula is C8H19ClN2. The molecule has 2 atom stereocenters. The zero-order chi connectivity index (χ0) is 7.61. The van der Waals surface area contributed by atoms with Crippen molar-refractivity contribution in [1.82, 2.24) is 5.43 Å². The van der Waals surface area contributed by atoms with Crippen LogP contribution in [0.4, 0.5) is 0 Å². The van der Waals surface area contributed by atoms with Crippen molar-refractivity contribution in [2.45, 2.75) is 45.1 Å². The molecule has 0 heterocycles. The fraction of sp³-hybridized carbons (Fsp3) is 1.00. The molecule has 0 amide bonds. The van der Waals surface area contributed by atoms with Gasteiger partial charge in [0.15, 0.2) is 0 Å². The molecule has 2 unspecified atom stereocenters. The van der Waals surface area contributed by atoms with Gasteiger partial charge in [-0.1, -0.05) is 19.8 Å². The topological polar surface area (TPSA) is 38.0 Å². The zero-order valence-electron chi connectivity index (χ0n) is 7.39. The van der Waals surface area contributed by atoms with Gasteiger partial charge in [0.2, 0.25) is 0 Å². The first-order valence-corrected chi connectivity index (χ1v) is 4.17. The van der Waals surface area contributed by atoms with Crippen molar-refractivity contribution in [3.05, 3.63) is 0 Å². The molecule has 0 bridgehead atoms. The van der Waals surface area contributed by atoms with E-state index >= 15 is 0 Å². The van der Waals surface area contributed by atoms with Crippen LogP contribution in [-0.2, 0) is 0 Å². The lowest BCUT2D eigenvalue weighted by Gasteiger charge is -2.39. The lowest BCUT2D eigenvalue weighted by molar-refractivity contribution is 0.176. The predicted octanol–water partition coefficient (Wildman–Crippen LogP) is 1.84. The molecule has 11 heavy (non-hydrogen) atoms. The lowest BCUT2D eigenvalue weighted by atomic mass is 9.75. The Hall–Kier alpha value is 0.210. The van der Waals surface area contributed by atoms with E-state index in [2.05, 4.69) is 19.3 Å². The highest BCUT2D eigenvalue weighted by molar-refractivity contribution is 5.85. The molecule has 0 aromatic heterocycles. The van der Waals surface area contributed by atoms with Gasteiger partial charge in [-0.25, -0.2) is 0 Å². The quantitative estimate of drug-likeness (QED) is 0.475. The van der Waals surface area contributed by atoms with E-state index in [1.54, 1.807) is 0 Å². The fourth-order valence-electron chi connectivity index (χ4n) is 1.72. The van der Waals surface area contributed by atoms with Crippen LogP contribution in [-0.4, -0.2) is 5.54 Å². The van der Waals surface area contributed by atoms with E-state index in [1.807, 2.05) is 0 Å². The molecule has 3 heteroatoms. The average Bonchev–Trinajstić information content (AvgIpc) is 1.96. The molecule has 1 rings (SSSR count). The Morgan fingerprint density at radius 2 is 2.09 bits per heavy atom. The molecule has 0 aromatic rings. The van der Waals surface area contributed by atoms with Crippen LogP contribution in [0.15, 0.2) is 0 Å². The molecule has 0 radical (unpaired) electrons. The van der Waals surface area contributed by atoms with Crippen LogP contribution in [0, 0.1) is 5.92 Å². The minimum atomic E-state index is 0. The summed E-state index contributed by atoms with van der Waals surface area (Å²) in [5.74, 6) is 6.21. The molecule has 3 N–H and O–H groups in total. The van der Waals surface area contributed by atoms with E-state index in [1.165, 1.54) is 25.7 Å². The highest BCUT2D eigenvalue weighted by Crippen LogP contribution is 2.32. The Morgan fingerprint density at radius 3 is 2.45 bits per heavy atom. The van der Waals surface area contributed by atoms with Gasteiger partial charge in [-0.3, -0.25) is 11.3 Å². The second kappa shape index (κ2) is 4.29. The van der Waals surface area contributed by atoms with Gasteiger partial charge in [-0.05, 0) is 25.7 Å². The molecule has 68 valence electrons. The largest absolute Gasteiger partial charge is 0.271 e. The molecule has 0 aromatic carbocycles. The first-order valence-electron chi connectivity index (χ1n) is 4.17. The summed E-state index contributed by atoms with van der Waals surface area (Å²) in [4.78, 5) is 0. The Bertz CT molecular complexity index is 119. The van der Waals surface area contributed by atoms with Crippen LogP contribution in [0.5, 0.6) is 0 Å². The predicted molar refractivity (Wildman–Crippen MR) is 50.6 cm³/mol. The molecule has 1 fully saturated rings. The van der Waals surface area contributed by atoms with Gasteiger partial charge in [0.05, 0.1) is 0 Å². The van der Waals surface area contributed by atoms with Gasteiger partial charge in [0.1, 0.15) is 0 Å². The van der Waals surface area contributed by atoms with E-state index in [-0.39, 0.29) is 17.9 Å². The van der Waals surface area contributed by atoms with Gasteiger partial charge in [-0.15, -0.1) is 12.4 Å². The van der Waals surface area contributed by atoms with Crippen LogP contribution >= 0.6 is 12.4 Å². The first-order chi connectivity index (χ1) is 4.69. The maximum absolute atomic E-state index is 5.48. The smallest absolute Gasteiger partial charge is 0.0318 e. The summed E-state index contributed by atoms with van der Waals surface area (Å²) in [5.41, 5.74) is 3.14. The number of hydrazine groups is 1. The number of hydrogen-bond acceptors (Lipinski definition) is 2. The van der Waals surface area contributed by atoms with Crippen LogP contribution in [0.25, 0.3) is 0 Å². The molecule has 1 aliphatic carbocycles. The summed E-state index contributed by atoms with van der Waals surface area (Å²) < 4.78 is 0. The normalized spacial score (nSPS) is 37.9. The first kappa shape index (κ1) is 11.2. The second-order valence-electron chi connectivity index (χ2n) is 3.71. The van der Waals surface area contributed by atoms with Crippen molar-refractivity contribution in [2.75, 3.05) is 0 Å². The minimum Gasteiger partial charge on any atom is -0.271 e. The molecular weight excluding hydrogens is 160 g/mol. The van der Waals surface area contributed by atoms with Crippen molar-refractivity contribution in [2.24, 2.45) is 11.8 Å². The molecule has 0 saturated heterocycles. The monoisotopic (exact) mass is 178 g/mol. The number of nitrogens with two attached hydrogens (primary N) is 1. The van der Waals surface area contributed by atoms with Crippen LogP contribution in [0.2, 0.25) is 0 Å². The third-order valence-corrected chi connectivity index (χ3v) is 3.00. The van der Waals surface area contributed by atoms with Gasteiger partial charge < -0.3 is 0 Å². The molecule has 1 aliphatic rings. The fourth-order valence-corrected chi connectivity index (χ4v) is 1.72. The van der Waals surface area contributed by atoms with Gasteiger partial charge in [0, 0.05) is 5.54 Å². The third-order valence-electron chi connectivity index (χ3n) is 3.00. The summed E-state index contributed by atoms with van der Waals surface area (Å²) in [5, 5.41) is 0. The Labute approximate surface area is 75.3 Å². The number of nitrogens with one attached hydrogen (secondary N) is 1. The van der Waals surface area contributed by atoms with Crippen molar-refractivity contribution in [3.8, 4) is 0 Å². The van der Waals surface area contributed by atoms with Crippen LogP contribution in [0.1, 0.15) is 39.5 Å². The van der Waals surface area contributed by atoms with Crippen molar-refractivity contribution in [1.29, 1.82) is 0 Å². The van der Waals surface area contributed by atoms with Gasteiger partial charge >= 0.3 is 0 Å². The highest BCUT2D eigenvalue weighted by Gasteiger charge is 2.31. The summed E-state index contributed by atoms with van der Waals surface area (Å²) >= 11 is 0. The molecule has 1 saturated carbocycles. The summed E-state index contributed by atoms with van der Waals surface area (Å²) in [7, 11) is 0. The van der Waals surface area contributed by atoms with Crippen molar-refractivity contribution >= 4 is 12.4 Å². The van der Waals surface area contributed by atoms with Gasteiger partial charge in [-0.2, -0.15) is 0 Å². The van der Waals surface area contributed by atoms with Crippen LogP contribution in [0.3, 0.4) is 0 Å². The lowest BCUT2D eigenvalue weighted by Crippen LogP contribution is -2.52. The average molecular weight is 179 g/mol. The van der Waals surface area contributed by atoms with Crippen molar-refractivity contribution in [3.63, 3.8) is 0 Å². The maximum atomic E-state index is 5.48. The van der Waals surface area contributed by atoms with E-state index in [4.69, 9.17) is 5.84 Å². The van der Waals surface area contributed by atoms with E-state index in [0.717, 1.165) is 5.92 Å². The van der Waals surface area contributed by atoms with E-state index in [9.17, 15) is 0 Å². The molecule has 2 nitrogen and oxygen atoms in total. The van der Waals surface area contributed by atoms with Gasteiger partial charge in [0.25, 0.3) is 0 Å². The number of halogens is 1. The molecule has 0 aliphatic heterocycles. The second-order valence-corrected chi connectivity index (χ2v) is 3.71. The summed E-state index contributed by atoms with van der Waals surface area (Å²) in [6.45, 7) is 4.50. The minimum absolute atomic E-state index is 0. The van der Waals surface area contributed by atoms with Crippen LogP contribution < -0.4 is 11.3 Å². The zero-order valence-corrected chi connectivity index (χ0v) is 8.21. The number of hydrogen-bond donors (Lipinski definition) is 2. The van der Waals surface area contributed by atoms with E-state index < -0.39 is 0 Å². The summed E-state index contributed by atoms with van der Waals surface area (Å²) in [6, 6.07) is 0. The molecule has 0 spiro atoms. The number of rotatable bonds is 1. The Morgan fingerprint density at radius 1 is 1.45 bits per heavy atom. The van der Waals surface area contributed by atoms with Crippen molar-refractivity contribution < 1.29 is 0 Å². The van der Waals surface area contributed by atoms with E-state index in [0.29, 0.717) is 0 Å². The standard InChI is InChI=1S/C8H18N2.ClH/c1-7-5-3-4-6-8(7,2)10-9;/h7,10H,3-6,9H2,1-2H3;1H. The maximum Gasteiger partial charge on any atom is 0.0318 e. The SMILES string of the molecule is CC1CCCCC1(C)NN.Cl. The third kappa shape index (κ3) is 2.32.